The van der Waals surface area contributed by atoms with E-state index in [0.29, 0.717) is 48.7 Å². The van der Waals surface area contributed by atoms with Crippen LogP contribution in [0.3, 0.4) is 0 Å². The molecule has 0 saturated heterocycles. The van der Waals surface area contributed by atoms with E-state index in [2.05, 4.69) is 59.4 Å². The lowest BCUT2D eigenvalue weighted by atomic mass is 10.1. The van der Waals surface area contributed by atoms with Gasteiger partial charge in [-0.3, -0.25) is 0 Å². The van der Waals surface area contributed by atoms with Crippen LogP contribution in [0.25, 0.3) is 0 Å². The molecule has 5 aromatic carbocycles. The van der Waals surface area contributed by atoms with E-state index in [1.54, 1.807) is 19.1 Å². The van der Waals surface area contributed by atoms with Crippen LogP contribution in [0, 0.1) is 17.5 Å². The van der Waals surface area contributed by atoms with Crippen molar-refractivity contribution in [3.05, 3.63) is 154 Å². The first-order valence-corrected chi connectivity index (χ1v) is 24.1. The maximum absolute atomic E-state index is 13.3. The minimum absolute atomic E-state index is 0. The van der Waals surface area contributed by atoms with Crippen molar-refractivity contribution in [3.63, 3.8) is 0 Å². The monoisotopic (exact) mass is 1320 g/mol. The highest BCUT2D eigenvalue weighted by Gasteiger charge is 2.12. The molecule has 5 aromatic rings. The van der Waals surface area contributed by atoms with Gasteiger partial charge in [0.15, 0.2) is 15.4 Å². The van der Waals surface area contributed by atoms with Crippen LogP contribution in [0.2, 0.25) is 35.2 Å². The summed E-state index contributed by atoms with van der Waals surface area (Å²) >= 11 is 55.1. The van der Waals surface area contributed by atoms with Gasteiger partial charge in [-0.05, 0) is 120 Å². The van der Waals surface area contributed by atoms with Crippen molar-refractivity contribution >= 4 is 215 Å². The molecule has 5 rings (SSSR count). The molecular formula is C39H36Br4Cl7F3N6OS3. The summed E-state index contributed by atoms with van der Waals surface area (Å²) < 4.78 is 39.3. The molecule has 8 N–H and O–H groups in total. The minimum Gasteiger partial charge on any atom is -0.397 e. The number of amidine groups is 2. The van der Waals surface area contributed by atoms with Gasteiger partial charge in [-0.25, -0.2) is 23.2 Å². The van der Waals surface area contributed by atoms with Crippen molar-refractivity contribution in [2.24, 2.45) is 27.2 Å². The highest BCUT2D eigenvalue weighted by Crippen LogP contribution is 2.32. The summed E-state index contributed by atoms with van der Waals surface area (Å²) in [7, 11) is 0. The Labute approximate surface area is 450 Å². The number of halogens is 14. The fourth-order valence-corrected chi connectivity index (χ4v) is 8.14. The molecule has 0 spiro atoms. The van der Waals surface area contributed by atoms with Gasteiger partial charge in [0.2, 0.25) is 0 Å². The Hall–Kier alpha value is -0.870. The molecule has 0 radical (unpaired) electrons. The number of nitrogens with two attached hydrogens (primary N) is 3. The molecule has 0 heterocycles. The molecule has 0 aliphatic heterocycles. The number of anilines is 1. The molecule has 0 aromatic heterocycles. The molecule has 0 unspecified atom stereocenters. The topological polar surface area (TPSA) is 135 Å². The SMILES string of the molecule is Br.Br.CCO.Clc1cc(CBr)c(CBr)cc1Cl.NC(=Nc1ccc(F)c(Cl)c1)SCc1cc(Cl)c(Cl)cc1CSC(N)=Nc1ccc(F)c(Cl)c1.NC(=S)Nc1ccc(F)c(Cl)c1. The number of rotatable bonds is 9. The molecule has 0 atom stereocenters. The molecule has 344 valence electrons. The van der Waals surface area contributed by atoms with Gasteiger partial charge in [-0.2, -0.15) is 0 Å². The van der Waals surface area contributed by atoms with Gasteiger partial charge < -0.3 is 27.6 Å². The molecule has 7 nitrogen and oxygen atoms in total. The summed E-state index contributed by atoms with van der Waals surface area (Å²) in [5.41, 5.74) is 22.8. The van der Waals surface area contributed by atoms with E-state index in [4.69, 9.17) is 104 Å². The minimum atomic E-state index is -0.532. The largest absolute Gasteiger partial charge is 0.397 e. The second-order valence-corrected chi connectivity index (χ2v) is 17.8. The standard InChI is InChI=1S/C22H16Cl4F2N4S2.C8H6Br2Cl2.C7H6ClFN2S.C2H6O.2BrH/c23-15-5-11(9-33-21(29)31-13-1-3-19(27)17(25)7-13)12(6-16(15)24)10-34-22(30)32-14-2-4-20(28)18(26)8-14;9-3-5-1-7(11)8(12)2-6(5)4-10;8-5-3-4(11-7(10)12)1-2-6(5)9;1-2-3;;/h1-8H,9-10H2,(H2,29,31)(H2,30,32);1-2H,3-4H2;1-3H,(H3,10,11,12);3H,2H2,1H3;2*1H. The highest BCUT2D eigenvalue weighted by atomic mass is 79.9. The van der Waals surface area contributed by atoms with Crippen LogP contribution in [-0.4, -0.2) is 27.2 Å². The van der Waals surface area contributed by atoms with Gasteiger partial charge in [-0.15, -0.1) is 34.0 Å². The Bertz CT molecular complexity index is 2220. The second kappa shape index (κ2) is 32.8. The third kappa shape index (κ3) is 23.1. The second-order valence-electron chi connectivity index (χ2n) is 11.4. The molecule has 0 bridgehead atoms. The lowest BCUT2D eigenvalue weighted by Gasteiger charge is -2.11. The molecule has 0 amide bonds. The molecule has 0 fully saturated rings. The molecule has 0 aliphatic carbocycles. The third-order valence-corrected chi connectivity index (χ3v) is 12.3. The van der Waals surface area contributed by atoms with Crippen LogP contribution in [-0.2, 0) is 22.2 Å². The first-order valence-electron chi connectivity index (χ1n) is 16.8. The number of nitrogens with one attached hydrogen (secondary N) is 1. The van der Waals surface area contributed by atoms with Crippen molar-refractivity contribution in [2.75, 3.05) is 11.9 Å². The predicted molar refractivity (Wildman–Crippen MR) is 291 cm³/mol. The zero-order valence-electron chi connectivity index (χ0n) is 32.2. The first-order chi connectivity index (χ1) is 28.8. The van der Waals surface area contributed by atoms with E-state index in [0.717, 1.165) is 21.8 Å². The maximum atomic E-state index is 13.3. The molecule has 0 aliphatic rings. The Balaban J connectivity index is 0.00000108. The lowest BCUT2D eigenvalue weighted by Crippen LogP contribution is -2.18. The summed E-state index contributed by atoms with van der Waals surface area (Å²) in [6.45, 7) is 1.93. The predicted octanol–water partition coefficient (Wildman–Crippen LogP) is 16.4. The van der Waals surface area contributed by atoms with Gasteiger partial charge in [0.05, 0.1) is 46.5 Å². The van der Waals surface area contributed by atoms with E-state index in [9.17, 15) is 13.2 Å². The summed E-state index contributed by atoms with van der Waals surface area (Å²) in [6.07, 6.45) is 0. The van der Waals surface area contributed by atoms with Crippen molar-refractivity contribution < 1.29 is 18.3 Å². The number of benzene rings is 5. The van der Waals surface area contributed by atoms with Crippen molar-refractivity contribution in [2.45, 2.75) is 29.1 Å². The maximum Gasteiger partial charge on any atom is 0.168 e. The number of hydrogen-bond donors (Lipinski definition) is 5. The van der Waals surface area contributed by atoms with Crippen LogP contribution in [0.1, 0.15) is 29.2 Å². The summed E-state index contributed by atoms with van der Waals surface area (Å²) in [5.74, 6) is -0.640. The number of aliphatic hydroxyl groups is 1. The van der Waals surface area contributed by atoms with Crippen LogP contribution in [0.15, 0.2) is 88.8 Å². The number of thioether (sulfide) groups is 2. The Kier molecular flexibility index (Phi) is 32.3. The fourth-order valence-electron chi connectivity index (χ4n) is 4.22. The normalized spacial score (nSPS) is 10.7. The quantitative estimate of drug-likeness (QED) is 0.0426. The summed E-state index contributed by atoms with van der Waals surface area (Å²) in [5, 5.41) is 14.4. The summed E-state index contributed by atoms with van der Waals surface area (Å²) in [4.78, 5) is 8.49. The number of nitrogens with zero attached hydrogens (tertiary/aromatic N) is 2. The molecule has 63 heavy (non-hydrogen) atoms. The van der Waals surface area contributed by atoms with Crippen LogP contribution in [0.4, 0.5) is 30.2 Å². The van der Waals surface area contributed by atoms with E-state index in [1.165, 1.54) is 89.2 Å². The van der Waals surface area contributed by atoms with Crippen LogP contribution >= 0.6 is 183 Å². The summed E-state index contributed by atoms with van der Waals surface area (Å²) in [6, 6.07) is 19.6. The average Bonchev–Trinajstić information content (AvgIpc) is 3.20. The zero-order chi connectivity index (χ0) is 45.8. The number of hydrogen-bond acceptors (Lipinski definition) is 6. The van der Waals surface area contributed by atoms with Gasteiger partial charge in [0, 0.05) is 34.5 Å². The Morgan fingerprint density at radius 2 is 0.905 bits per heavy atom. The van der Waals surface area contributed by atoms with Crippen molar-refractivity contribution in [1.29, 1.82) is 0 Å². The zero-order valence-corrected chi connectivity index (χ0v) is 46.5. The Morgan fingerprint density at radius 1 is 0.587 bits per heavy atom. The Morgan fingerprint density at radius 3 is 1.21 bits per heavy atom. The van der Waals surface area contributed by atoms with Crippen molar-refractivity contribution in [3.8, 4) is 0 Å². The average molecular weight is 1330 g/mol. The molecular weight excluding hydrogens is 1290 g/mol. The first kappa shape index (κ1) is 62.1. The lowest BCUT2D eigenvalue weighted by molar-refractivity contribution is 0.318. The molecule has 24 heteroatoms. The fraction of sp³-hybridized carbons (Fsp3) is 0.154. The van der Waals surface area contributed by atoms with Gasteiger partial charge in [-0.1, -0.05) is 137 Å². The van der Waals surface area contributed by atoms with E-state index in [1.807, 2.05) is 12.1 Å². The van der Waals surface area contributed by atoms with Crippen LogP contribution < -0.4 is 22.5 Å². The van der Waals surface area contributed by atoms with Gasteiger partial charge >= 0.3 is 0 Å². The third-order valence-electron chi connectivity index (χ3n) is 7.00. The number of alkyl halides is 2. The van der Waals surface area contributed by atoms with E-state index < -0.39 is 17.5 Å². The smallest absolute Gasteiger partial charge is 0.168 e. The highest BCUT2D eigenvalue weighted by molar-refractivity contribution is 9.09. The van der Waals surface area contributed by atoms with E-state index in [-0.39, 0.29) is 71.1 Å². The number of aliphatic imine (C=N–C) groups is 2. The van der Waals surface area contributed by atoms with Crippen molar-refractivity contribution in [1.82, 2.24) is 0 Å². The van der Waals surface area contributed by atoms with Gasteiger partial charge in [0.1, 0.15) is 17.5 Å². The number of aliphatic hydroxyl groups excluding tert-OH is 1. The van der Waals surface area contributed by atoms with Crippen LogP contribution in [0.5, 0.6) is 0 Å². The van der Waals surface area contributed by atoms with Gasteiger partial charge in [0.25, 0.3) is 0 Å². The molecule has 0 saturated carbocycles. The number of thiocarbonyl (C=S) groups is 1. The van der Waals surface area contributed by atoms with E-state index >= 15 is 0 Å².